The van der Waals surface area contributed by atoms with Gasteiger partial charge in [0.05, 0.1) is 11.0 Å². The second-order valence-electron chi connectivity index (χ2n) is 5.52. The quantitative estimate of drug-likeness (QED) is 0.846. The van der Waals surface area contributed by atoms with Crippen LogP contribution in [0, 0.1) is 6.92 Å². The van der Waals surface area contributed by atoms with E-state index in [9.17, 15) is 8.42 Å². The Balaban J connectivity index is 2.18. The van der Waals surface area contributed by atoms with E-state index >= 15 is 0 Å². The van der Waals surface area contributed by atoms with Crippen molar-refractivity contribution < 1.29 is 13.2 Å². The normalized spacial score (nSPS) is 20.6. The fraction of sp³-hybridized carbons (Fsp3) is 0.600. The number of nitrogens with zero attached hydrogens (tertiary/aromatic N) is 1. The molecule has 1 heterocycles. The third kappa shape index (κ3) is 3.75. The number of anilines is 1. The van der Waals surface area contributed by atoms with Gasteiger partial charge in [0.2, 0.25) is 10.0 Å². The zero-order valence-electron chi connectivity index (χ0n) is 12.7. The minimum Gasteiger partial charge on any atom is -0.399 e. The summed E-state index contributed by atoms with van der Waals surface area (Å²) in [6.45, 7) is 5.50. The van der Waals surface area contributed by atoms with Crippen LogP contribution in [-0.4, -0.2) is 38.5 Å². The lowest BCUT2D eigenvalue weighted by molar-refractivity contribution is 0.0193. The highest BCUT2D eigenvalue weighted by Crippen LogP contribution is 2.25. The molecule has 21 heavy (non-hydrogen) atoms. The largest absolute Gasteiger partial charge is 0.399 e. The predicted molar refractivity (Wildman–Crippen MR) is 83.6 cm³/mol. The van der Waals surface area contributed by atoms with Crippen LogP contribution in [0.5, 0.6) is 0 Å². The highest BCUT2D eigenvalue weighted by Gasteiger charge is 2.31. The summed E-state index contributed by atoms with van der Waals surface area (Å²) in [4.78, 5) is 0.341. The molecule has 118 valence electrons. The number of rotatable bonds is 5. The van der Waals surface area contributed by atoms with Crippen molar-refractivity contribution in [1.82, 2.24) is 4.31 Å². The number of ether oxygens (including phenoxy) is 1. The molecule has 0 amide bonds. The first kappa shape index (κ1) is 16.3. The van der Waals surface area contributed by atoms with E-state index in [2.05, 4.69) is 6.92 Å². The zero-order valence-corrected chi connectivity index (χ0v) is 13.5. The van der Waals surface area contributed by atoms with Gasteiger partial charge in [-0.25, -0.2) is 8.42 Å². The molecule has 0 radical (unpaired) electrons. The van der Waals surface area contributed by atoms with E-state index in [4.69, 9.17) is 10.5 Å². The Hall–Kier alpha value is -1.11. The molecule has 0 spiro atoms. The number of piperidine rings is 1. The minimum atomic E-state index is -3.47. The number of benzene rings is 1. The third-order valence-corrected chi connectivity index (χ3v) is 5.74. The molecule has 5 nitrogen and oxygen atoms in total. The molecule has 1 aromatic carbocycles. The van der Waals surface area contributed by atoms with Crippen molar-refractivity contribution in [3.05, 3.63) is 23.8 Å². The molecule has 0 aliphatic carbocycles. The Morgan fingerprint density at radius 1 is 1.43 bits per heavy atom. The fourth-order valence-corrected chi connectivity index (χ4v) is 4.36. The van der Waals surface area contributed by atoms with Crippen molar-refractivity contribution in [3.8, 4) is 0 Å². The van der Waals surface area contributed by atoms with Crippen LogP contribution in [0.25, 0.3) is 0 Å². The monoisotopic (exact) mass is 312 g/mol. The lowest BCUT2D eigenvalue weighted by atomic mass is 10.1. The predicted octanol–water partition coefficient (Wildman–Crippen LogP) is 2.16. The molecule has 2 N–H and O–H groups in total. The molecule has 6 heteroatoms. The summed E-state index contributed by atoms with van der Waals surface area (Å²) in [6, 6.07) is 4.92. The van der Waals surface area contributed by atoms with Crippen LogP contribution in [-0.2, 0) is 14.8 Å². The molecule has 0 saturated carbocycles. The summed E-state index contributed by atoms with van der Waals surface area (Å²) in [5, 5.41) is 0. The van der Waals surface area contributed by atoms with Crippen molar-refractivity contribution in [3.63, 3.8) is 0 Å². The summed E-state index contributed by atoms with van der Waals surface area (Å²) in [5.74, 6) is 0. The maximum Gasteiger partial charge on any atom is 0.243 e. The smallest absolute Gasteiger partial charge is 0.243 e. The molecule has 0 aromatic heterocycles. The molecular weight excluding hydrogens is 288 g/mol. The van der Waals surface area contributed by atoms with Gasteiger partial charge in [-0.15, -0.1) is 0 Å². The van der Waals surface area contributed by atoms with Gasteiger partial charge in [-0.1, -0.05) is 6.92 Å². The number of aryl methyl sites for hydroxylation is 1. The standard InChI is InChI=1S/C15H24N2O3S/c1-3-9-20-14-5-4-8-17(11-14)21(18,19)15-7-6-13(16)10-12(15)2/h6-7,10,14H,3-5,8-9,11,16H2,1-2H3. The first-order chi connectivity index (χ1) is 9.95. The van der Waals surface area contributed by atoms with Crippen molar-refractivity contribution in [2.75, 3.05) is 25.4 Å². The van der Waals surface area contributed by atoms with E-state index in [1.807, 2.05) is 0 Å². The molecule has 1 fully saturated rings. The minimum absolute atomic E-state index is 0.00237. The van der Waals surface area contributed by atoms with Crippen molar-refractivity contribution in [1.29, 1.82) is 0 Å². The van der Waals surface area contributed by atoms with Crippen LogP contribution in [0.15, 0.2) is 23.1 Å². The van der Waals surface area contributed by atoms with E-state index < -0.39 is 10.0 Å². The second-order valence-corrected chi connectivity index (χ2v) is 7.43. The first-order valence-electron chi connectivity index (χ1n) is 7.43. The number of sulfonamides is 1. The van der Waals surface area contributed by atoms with Gasteiger partial charge in [0.25, 0.3) is 0 Å². The number of hydrogen-bond donors (Lipinski definition) is 1. The van der Waals surface area contributed by atoms with Gasteiger partial charge in [-0.3, -0.25) is 0 Å². The summed E-state index contributed by atoms with van der Waals surface area (Å²) in [6.07, 6.45) is 2.71. The summed E-state index contributed by atoms with van der Waals surface area (Å²) in [7, 11) is -3.47. The van der Waals surface area contributed by atoms with Gasteiger partial charge >= 0.3 is 0 Å². The lowest BCUT2D eigenvalue weighted by Crippen LogP contribution is -2.43. The van der Waals surface area contributed by atoms with E-state index in [1.54, 1.807) is 25.1 Å². The third-order valence-electron chi connectivity index (χ3n) is 3.72. The summed E-state index contributed by atoms with van der Waals surface area (Å²) < 4.78 is 32.8. The Kier molecular flexibility index (Phi) is 5.24. The molecule has 1 aliphatic rings. The van der Waals surface area contributed by atoms with Gasteiger partial charge in [-0.05, 0) is 49.9 Å². The Bertz CT molecular complexity index is 587. The van der Waals surface area contributed by atoms with Gasteiger partial charge in [0.1, 0.15) is 0 Å². The molecule has 1 unspecified atom stereocenters. The average Bonchev–Trinajstić information content (AvgIpc) is 2.45. The molecule has 0 bridgehead atoms. The molecule has 1 atom stereocenters. The Morgan fingerprint density at radius 3 is 2.86 bits per heavy atom. The van der Waals surface area contributed by atoms with Crippen LogP contribution in [0.1, 0.15) is 31.7 Å². The molecule has 1 aliphatic heterocycles. The summed E-state index contributed by atoms with van der Waals surface area (Å²) in [5.41, 5.74) is 6.96. The van der Waals surface area contributed by atoms with Crippen LogP contribution in [0.2, 0.25) is 0 Å². The first-order valence-corrected chi connectivity index (χ1v) is 8.87. The molecule has 2 rings (SSSR count). The maximum atomic E-state index is 12.8. The van der Waals surface area contributed by atoms with E-state index in [-0.39, 0.29) is 6.10 Å². The number of hydrogen-bond acceptors (Lipinski definition) is 4. The number of nitrogen functional groups attached to an aromatic ring is 1. The van der Waals surface area contributed by atoms with E-state index in [0.717, 1.165) is 19.3 Å². The number of nitrogens with two attached hydrogens (primary N) is 1. The molecule has 1 saturated heterocycles. The maximum absolute atomic E-state index is 12.8. The zero-order chi connectivity index (χ0) is 15.5. The van der Waals surface area contributed by atoms with E-state index in [1.165, 1.54) is 4.31 Å². The van der Waals surface area contributed by atoms with Gasteiger partial charge < -0.3 is 10.5 Å². The van der Waals surface area contributed by atoms with Crippen LogP contribution < -0.4 is 5.73 Å². The van der Waals surface area contributed by atoms with Gasteiger partial charge in [0, 0.05) is 25.4 Å². The SMILES string of the molecule is CCCOC1CCCN(S(=O)(=O)c2ccc(N)cc2C)C1. The lowest BCUT2D eigenvalue weighted by Gasteiger charge is -2.32. The van der Waals surface area contributed by atoms with E-state index in [0.29, 0.717) is 35.8 Å². The van der Waals surface area contributed by atoms with Crippen LogP contribution >= 0.6 is 0 Å². The van der Waals surface area contributed by atoms with Gasteiger partial charge in [0.15, 0.2) is 0 Å². The van der Waals surface area contributed by atoms with Crippen molar-refractivity contribution >= 4 is 15.7 Å². The Morgan fingerprint density at radius 2 is 2.19 bits per heavy atom. The van der Waals surface area contributed by atoms with Gasteiger partial charge in [-0.2, -0.15) is 4.31 Å². The topological polar surface area (TPSA) is 72.6 Å². The molecular formula is C15H24N2O3S. The van der Waals surface area contributed by atoms with Crippen molar-refractivity contribution in [2.24, 2.45) is 0 Å². The Labute approximate surface area is 127 Å². The van der Waals surface area contributed by atoms with Crippen molar-refractivity contribution in [2.45, 2.75) is 44.1 Å². The highest BCUT2D eigenvalue weighted by atomic mass is 32.2. The van der Waals surface area contributed by atoms with Crippen LogP contribution in [0.4, 0.5) is 5.69 Å². The molecule has 1 aromatic rings. The average molecular weight is 312 g/mol. The van der Waals surface area contributed by atoms with Crippen LogP contribution in [0.3, 0.4) is 0 Å². The second kappa shape index (κ2) is 6.77. The summed E-state index contributed by atoms with van der Waals surface area (Å²) >= 11 is 0. The fourth-order valence-electron chi connectivity index (χ4n) is 2.64. The highest BCUT2D eigenvalue weighted by molar-refractivity contribution is 7.89.